The Morgan fingerprint density at radius 2 is 2.04 bits per heavy atom. The average molecular weight is 408 g/mol. The number of esters is 1. The highest BCUT2D eigenvalue weighted by Crippen LogP contribution is 2.24. The van der Waals surface area contributed by atoms with Gasteiger partial charge in [0.1, 0.15) is 11.6 Å². The van der Waals surface area contributed by atoms with E-state index in [0.717, 1.165) is 4.47 Å². The lowest BCUT2D eigenvalue weighted by Crippen LogP contribution is -2.20. The van der Waals surface area contributed by atoms with Gasteiger partial charge in [-0.2, -0.15) is 0 Å². The second-order valence-electron chi connectivity index (χ2n) is 4.89. The number of benzene rings is 2. The normalized spacial score (nSPS) is 10.5. The Hall–Kier alpha value is -2.67. The standard InChI is InChI=1S/C18H15BrFNO4/c1-24-16-7-6-13(19)9-12(16)5-8-18(23)25-11-17(22)21-15-4-2-3-14(20)10-15/h2-10H,11H2,1H3,(H,21,22)/b8-5+. The molecule has 2 aromatic rings. The van der Waals surface area contributed by atoms with Gasteiger partial charge in [0, 0.05) is 21.8 Å². The summed E-state index contributed by atoms with van der Waals surface area (Å²) in [4.78, 5) is 23.4. The van der Waals surface area contributed by atoms with Crippen LogP contribution < -0.4 is 10.1 Å². The summed E-state index contributed by atoms with van der Waals surface area (Å²) in [5.41, 5.74) is 0.966. The molecule has 0 bridgehead atoms. The smallest absolute Gasteiger partial charge is 0.331 e. The highest BCUT2D eigenvalue weighted by molar-refractivity contribution is 9.10. The Labute approximate surface area is 152 Å². The monoisotopic (exact) mass is 407 g/mol. The van der Waals surface area contributed by atoms with E-state index in [1.54, 1.807) is 12.1 Å². The van der Waals surface area contributed by atoms with Crippen LogP contribution in [0.15, 0.2) is 53.0 Å². The predicted octanol–water partition coefficient (Wildman–Crippen LogP) is 3.79. The van der Waals surface area contributed by atoms with E-state index in [9.17, 15) is 14.0 Å². The first-order valence-electron chi connectivity index (χ1n) is 7.22. The quantitative estimate of drug-likeness (QED) is 0.584. The lowest BCUT2D eigenvalue weighted by atomic mass is 10.2. The van der Waals surface area contributed by atoms with E-state index in [1.165, 1.54) is 43.5 Å². The second kappa shape index (κ2) is 8.98. The predicted molar refractivity (Wildman–Crippen MR) is 95.7 cm³/mol. The van der Waals surface area contributed by atoms with E-state index >= 15 is 0 Å². The first-order valence-corrected chi connectivity index (χ1v) is 8.01. The first kappa shape index (κ1) is 18.7. The Balaban J connectivity index is 1.88. The van der Waals surface area contributed by atoms with Gasteiger partial charge in [0.25, 0.3) is 5.91 Å². The van der Waals surface area contributed by atoms with Crippen LogP contribution in [0.25, 0.3) is 6.08 Å². The van der Waals surface area contributed by atoms with Crippen molar-refractivity contribution in [1.82, 2.24) is 0 Å². The van der Waals surface area contributed by atoms with E-state index in [4.69, 9.17) is 9.47 Å². The number of halogens is 2. The summed E-state index contributed by atoms with van der Waals surface area (Å²) in [6.45, 7) is -0.477. The van der Waals surface area contributed by atoms with Crippen LogP contribution in [0.1, 0.15) is 5.56 Å². The summed E-state index contributed by atoms with van der Waals surface area (Å²) in [6, 6.07) is 10.8. The van der Waals surface area contributed by atoms with Gasteiger partial charge < -0.3 is 14.8 Å². The summed E-state index contributed by atoms with van der Waals surface area (Å²) >= 11 is 3.33. The van der Waals surface area contributed by atoms with E-state index in [-0.39, 0.29) is 5.69 Å². The molecule has 0 heterocycles. The second-order valence-corrected chi connectivity index (χ2v) is 5.80. The lowest BCUT2D eigenvalue weighted by molar-refractivity contribution is -0.142. The van der Waals surface area contributed by atoms with Gasteiger partial charge in [-0.25, -0.2) is 9.18 Å². The maximum Gasteiger partial charge on any atom is 0.331 e. The van der Waals surface area contributed by atoms with Gasteiger partial charge in [-0.15, -0.1) is 0 Å². The molecule has 1 amide bonds. The van der Waals surface area contributed by atoms with Crippen molar-refractivity contribution in [2.45, 2.75) is 0 Å². The minimum atomic E-state index is -0.684. The fourth-order valence-electron chi connectivity index (χ4n) is 1.94. The van der Waals surface area contributed by atoms with Gasteiger partial charge >= 0.3 is 5.97 Å². The molecule has 0 aliphatic heterocycles. The number of hydrogen-bond acceptors (Lipinski definition) is 4. The third kappa shape index (κ3) is 6.04. The number of hydrogen-bond donors (Lipinski definition) is 1. The Morgan fingerprint density at radius 3 is 2.76 bits per heavy atom. The fraction of sp³-hybridized carbons (Fsp3) is 0.111. The minimum Gasteiger partial charge on any atom is -0.496 e. The van der Waals surface area contributed by atoms with Crippen LogP contribution in [0, 0.1) is 5.82 Å². The van der Waals surface area contributed by atoms with Crippen molar-refractivity contribution in [3.05, 3.63) is 64.4 Å². The third-order valence-corrected chi connectivity index (χ3v) is 3.54. The molecular formula is C18H15BrFNO4. The topological polar surface area (TPSA) is 64.6 Å². The van der Waals surface area contributed by atoms with E-state index in [2.05, 4.69) is 21.2 Å². The SMILES string of the molecule is COc1ccc(Br)cc1/C=C/C(=O)OCC(=O)Nc1cccc(F)c1. The molecule has 7 heteroatoms. The Kier molecular flexibility index (Phi) is 6.71. The molecule has 2 rings (SSSR count). The molecule has 0 aliphatic carbocycles. The van der Waals surface area contributed by atoms with E-state index in [1.807, 2.05) is 6.07 Å². The van der Waals surface area contributed by atoms with Crippen molar-refractivity contribution in [3.63, 3.8) is 0 Å². The summed E-state index contributed by atoms with van der Waals surface area (Å²) in [5.74, 6) is -1.12. The molecule has 0 spiro atoms. The molecule has 25 heavy (non-hydrogen) atoms. The zero-order chi connectivity index (χ0) is 18.2. The van der Waals surface area contributed by atoms with Crippen molar-refractivity contribution in [3.8, 4) is 5.75 Å². The van der Waals surface area contributed by atoms with Crippen LogP contribution in [0.3, 0.4) is 0 Å². The van der Waals surface area contributed by atoms with E-state index < -0.39 is 24.3 Å². The number of methoxy groups -OCH3 is 1. The lowest BCUT2D eigenvalue weighted by Gasteiger charge is -2.06. The van der Waals surface area contributed by atoms with Gasteiger partial charge in [0.05, 0.1) is 7.11 Å². The number of nitrogens with one attached hydrogen (secondary N) is 1. The molecule has 5 nitrogen and oxygen atoms in total. The van der Waals surface area contributed by atoms with Gasteiger partial charge in [0.2, 0.25) is 0 Å². The molecular weight excluding hydrogens is 393 g/mol. The minimum absolute atomic E-state index is 0.287. The van der Waals surface area contributed by atoms with Crippen LogP contribution in [-0.4, -0.2) is 25.6 Å². The van der Waals surface area contributed by atoms with Crippen LogP contribution in [0.5, 0.6) is 5.75 Å². The molecule has 130 valence electrons. The molecule has 0 aliphatic rings. The molecule has 0 saturated heterocycles. The van der Waals surface area contributed by atoms with E-state index in [0.29, 0.717) is 11.3 Å². The number of amides is 1. The molecule has 0 unspecified atom stereocenters. The summed E-state index contributed by atoms with van der Waals surface area (Å²) in [5, 5.41) is 2.43. The fourth-order valence-corrected chi connectivity index (χ4v) is 2.32. The molecule has 0 radical (unpaired) electrons. The summed E-state index contributed by atoms with van der Waals surface area (Å²) in [7, 11) is 1.52. The van der Waals surface area contributed by atoms with Crippen LogP contribution >= 0.6 is 15.9 Å². The van der Waals surface area contributed by atoms with Gasteiger partial charge in [-0.3, -0.25) is 4.79 Å². The van der Waals surface area contributed by atoms with Crippen LogP contribution in [-0.2, 0) is 14.3 Å². The average Bonchev–Trinajstić information content (AvgIpc) is 2.58. The number of anilines is 1. The number of rotatable bonds is 6. The summed E-state index contributed by atoms with van der Waals surface area (Å²) in [6.07, 6.45) is 2.72. The van der Waals surface area contributed by atoms with Crippen molar-refractivity contribution in [1.29, 1.82) is 0 Å². The van der Waals surface area contributed by atoms with Gasteiger partial charge in [-0.1, -0.05) is 22.0 Å². The Morgan fingerprint density at radius 1 is 1.24 bits per heavy atom. The number of carbonyl (C=O) groups is 2. The number of ether oxygens (including phenoxy) is 2. The summed E-state index contributed by atoms with van der Waals surface area (Å²) < 4.78 is 23.9. The third-order valence-electron chi connectivity index (χ3n) is 3.04. The van der Waals surface area contributed by atoms with Crippen LogP contribution in [0.4, 0.5) is 10.1 Å². The zero-order valence-electron chi connectivity index (χ0n) is 13.3. The highest BCUT2D eigenvalue weighted by Gasteiger charge is 2.07. The maximum absolute atomic E-state index is 13.0. The molecule has 0 atom stereocenters. The molecule has 0 aromatic heterocycles. The van der Waals surface area contributed by atoms with Gasteiger partial charge in [0.15, 0.2) is 6.61 Å². The van der Waals surface area contributed by atoms with Crippen LogP contribution in [0.2, 0.25) is 0 Å². The highest BCUT2D eigenvalue weighted by atomic mass is 79.9. The molecule has 0 saturated carbocycles. The maximum atomic E-state index is 13.0. The van der Waals surface area contributed by atoms with Crippen molar-refractivity contribution in [2.75, 3.05) is 19.0 Å². The molecule has 2 aromatic carbocycles. The first-order chi connectivity index (χ1) is 12.0. The Bertz CT molecular complexity index is 807. The molecule has 1 N–H and O–H groups in total. The van der Waals surface area contributed by atoms with Gasteiger partial charge in [-0.05, 0) is 42.5 Å². The number of carbonyl (C=O) groups excluding carboxylic acids is 2. The molecule has 0 fully saturated rings. The van der Waals surface area contributed by atoms with Crippen molar-refractivity contribution in [2.24, 2.45) is 0 Å². The zero-order valence-corrected chi connectivity index (χ0v) is 14.9. The van der Waals surface area contributed by atoms with Crippen molar-refractivity contribution < 1.29 is 23.5 Å². The van der Waals surface area contributed by atoms with Crippen molar-refractivity contribution >= 4 is 39.6 Å². The largest absolute Gasteiger partial charge is 0.496 e.